The van der Waals surface area contributed by atoms with Crippen LogP contribution in [0.25, 0.3) is 0 Å². The fourth-order valence-corrected chi connectivity index (χ4v) is 4.41. The molecule has 1 saturated heterocycles. The van der Waals surface area contributed by atoms with Crippen molar-refractivity contribution >= 4 is 5.91 Å². The fraction of sp³-hybridized carbons (Fsp3) is 0.842. The maximum atomic E-state index is 12.5. The Labute approximate surface area is 151 Å². The minimum absolute atomic E-state index is 0.201. The van der Waals surface area contributed by atoms with Gasteiger partial charge in [0, 0.05) is 19.1 Å². The Morgan fingerprint density at radius 2 is 2.00 bits per heavy atom. The number of hydrogen-bond donors (Lipinski definition) is 1. The van der Waals surface area contributed by atoms with Crippen molar-refractivity contribution in [2.24, 2.45) is 11.8 Å². The number of carbonyl (C=O) groups excluding carboxylic acids is 1. The standard InChI is InChI=1S/C19H33N5O/c1-14-7-4-5-9-18(14)21-19(25)13-23-10-6-8-17(11-23)12-24-16(3)20-15(2)22-24/h14,17-18H,4-13H2,1-3H3,(H,21,25)/t14-,17-,18+/m1/s1. The van der Waals surface area contributed by atoms with Crippen LogP contribution in [0, 0.1) is 25.7 Å². The molecule has 2 fully saturated rings. The van der Waals surface area contributed by atoms with Gasteiger partial charge in [0.05, 0.1) is 6.54 Å². The number of carbonyl (C=O) groups is 1. The molecule has 3 atom stereocenters. The van der Waals surface area contributed by atoms with Gasteiger partial charge in [0.25, 0.3) is 0 Å². The van der Waals surface area contributed by atoms with Crippen LogP contribution in [0.3, 0.4) is 0 Å². The highest BCUT2D eigenvalue weighted by Crippen LogP contribution is 2.24. The predicted octanol–water partition coefficient (Wildman–Crippen LogP) is 2.30. The molecule has 25 heavy (non-hydrogen) atoms. The number of aryl methyl sites for hydroxylation is 2. The van der Waals surface area contributed by atoms with E-state index in [-0.39, 0.29) is 5.91 Å². The van der Waals surface area contributed by atoms with E-state index < -0.39 is 0 Å². The lowest BCUT2D eigenvalue weighted by atomic mass is 9.86. The first kappa shape index (κ1) is 18.4. The summed E-state index contributed by atoms with van der Waals surface area (Å²) in [5, 5.41) is 7.77. The molecule has 1 N–H and O–H groups in total. The Morgan fingerprint density at radius 3 is 2.72 bits per heavy atom. The van der Waals surface area contributed by atoms with Gasteiger partial charge < -0.3 is 5.32 Å². The summed E-state index contributed by atoms with van der Waals surface area (Å²) in [6.45, 7) is 9.67. The maximum absolute atomic E-state index is 12.5. The molecular formula is C19H33N5O. The Kier molecular flexibility index (Phi) is 6.10. The molecule has 140 valence electrons. The molecule has 0 unspecified atom stereocenters. The number of piperidine rings is 1. The van der Waals surface area contributed by atoms with Gasteiger partial charge in [-0.15, -0.1) is 0 Å². The third-order valence-electron chi connectivity index (χ3n) is 5.82. The van der Waals surface area contributed by atoms with E-state index in [1.165, 1.54) is 25.7 Å². The largest absolute Gasteiger partial charge is 0.352 e. The molecule has 1 aromatic heterocycles. The van der Waals surface area contributed by atoms with E-state index in [0.29, 0.717) is 24.4 Å². The van der Waals surface area contributed by atoms with Crippen LogP contribution >= 0.6 is 0 Å². The summed E-state index contributed by atoms with van der Waals surface area (Å²) < 4.78 is 2.02. The monoisotopic (exact) mass is 347 g/mol. The van der Waals surface area contributed by atoms with Crippen LogP contribution in [0.15, 0.2) is 0 Å². The summed E-state index contributed by atoms with van der Waals surface area (Å²) in [6.07, 6.45) is 7.30. The summed E-state index contributed by atoms with van der Waals surface area (Å²) in [7, 11) is 0. The van der Waals surface area contributed by atoms with Gasteiger partial charge in [-0.3, -0.25) is 9.69 Å². The van der Waals surface area contributed by atoms with Crippen molar-refractivity contribution in [3.8, 4) is 0 Å². The van der Waals surface area contributed by atoms with Crippen molar-refractivity contribution in [3.05, 3.63) is 11.6 Å². The number of hydrogen-bond acceptors (Lipinski definition) is 4. The quantitative estimate of drug-likeness (QED) is 0.888. The van der Waals surface area contributed by atoms with Crippen LogP contribution in [0.2, 0.25) is 0 Å². The van der Waals surface area contributed by atoms with Gasteiger partial charge in [-0.1, -0.05) is 19.8 Å². The highest BCUT2D eigenvalue weighted by atomic mass is 16.2. The van der Waals surface area contributed by atoms with E-state index in [1.54, 1.807) is 0 Å². The molecule has 1 aliphatic heterocycles. The topological polar surface area (TPSA) is 63.1 Å². The second-order valence-electron chi connectivity index (χ2n) is 8.07. The fourth-order valence-electron chi connectivity index (χ4n) is 4.41. The number of nitrogens with one attached hydrogen (secondary N) is 1. The van der Waals surface area contributed by atoms with E-state index in [9.17, 15) is 4.79 Å². The van der Waals surface area contributed by atoms with Crippen LogP contribution < -0.4 is 5.32 Å². The SMILES string of the molecule is Cc1nc(C)n(C[C@@H]2CCCN(CC(=O)N[C@H]3CCCC[C@H]3C)C2)n1. The van der Waals surface area contributed by atoms with Gasteiger partial charge in [0.2, 0.25) is 5.91 Å². The summed E-state index contributed by atoms with van der Waals surface area (Å²) in [6, 6.07) is 0.377. The van der Waals surface area contributed by atoms with Crippen molar-refractivity contribution in [1.82, 2.24) is 25.0 Å². The molecule has 6 heteroatoms. The zero-order valence-electron chi connectivity index (χ0n) is 16.0. The van der Waals surface area contributed by atoms with Crippen molar-refractivity contribution in [1.29, 1.82) is 0 Å². The predicted molar refractivity (Wildman–Crippen MR) is 98.2 cm³/mol. The van der Waals surface area contributed by atoms with Crippen molar-refractivity contribution in [2.75, 3.05) is 19.6 Å². The minimum atomic E-state index is 0.201. The first-order valence-electron chi connectivity index (χ1n) is 9.91. The molecule has 2 aliphatic rings. The van der Waals surface area contributed by atoms with Gasteiger partial charge in [-0.2, -0.15) is 5.10 Å². The van der Waals surface area contributed by atoms with Crippen molar-refractivity contribution in [3.63, 3.8) is 0 Å². The molecule has 6 nitrogen and oxygen atoms in total. The molecule has 1 amide bonds. The lowest BCUT2D eigenvalue weighted by Crippen LogP contribution is -2.48. The minimum Gasteiger partial charge on any atom is -0.352 e. The first-order valence-corrected chi connectivity index (χ1v) is 9.91. The third kappa shape index (κ3) is 5.03. The number of likely N-dealkylation sites (tertiary alicyclic amines) is 1. The second-order valence-corrected chi connectivity index (χ2v) is 8.07. The van der Waals surface area contributed by atoms with Crippen molar-refractivity contribution in [2.45, 2.75) is 71.9 Å². The van der Waals surface area contributed by atoms with Crippen LogP contribution in [-0.4, -0.2) is 51.2 Å². The van der Waals surface area contributed by atoms with Gasteiger partial charge in [0.15, 0.2) is 0 Å². The summed E-state index contributed by atoms with van der Waals surface area (Å²) in [4.78, 5) is 19.2. The summed E-state index contributed by atoms with van der Waals surface area (Å²) >= 11 is 0. The molecule has 0 radical (unpaired) electrons. The molecule has 1 aromatic rings. The molecular weight excluding hydrogens is 314 g/mol. The second kappa shape index (κ2) is 8.30. The Bertz CT molecular complexity index is 584. The first-order chi connectivity index (χ1) is 12.0. The molecule has 0 aromatic carbocycles. The van der Waals surface area contributed by atoms with Gasteiger partial charge in [-0.05, 0) is 57.9 Å². The molecule has 0 bridgehead atoms. The Morgan fingerprint density at radius 1 is 1.20 bits per heavy atom. The molecule has 2 heterocycles. The molecule has 1 aliphatic carbocycles. The summed E-state index contributed by atoms with van der Waals surface area (Å²) in [5.41, 5.74) is 0. The maximum Gasteiger partial charge on any atom is 0.234 e. The molecule has 0 spiro atoms. The zero-order valence-corrected chi connectivity index (χ0v) is 16.0. The van der Waals surface area contributed by atoms with Crippen LogP contribution in [0.4, 0.5) is 0 Å². The average molecular weight is 348 g/mol. The highest BCUT2D eigenvalue weighted by Gasteiger charge is 2.26. The summed E-state index contributed by atoms with van der Waals surface area (Å²) in [5.74, 6) is 3.19. The molecule has 1 saturated carbocycles. The van der Waals surface area contributed by atoms with Crippen molar-refractivity contribution < 1.29 is 4.79 Å². The van der Waals surface area contributed by atoms with E-state index in [1.807, 2.05) is 18.5 Å². The number of rotatable bonds is 5. The van der Waals surface area contributed by atoms with Gasteiger partial charge in [0.1, 0.15) is 11.6 Å². The van der Waals surface area contributed by atoms with E-state index in [4.69, 9.17) is 0 Å². The lowest BCUT2D eigenvalue weighted by molar-refractivity contribution is -0.124. The van der Waals surface area contributed by atoms with E-state index in [0.717, 1.165) is 44.1 Å². The number of aromatic nitrogens is 3. The normalized spacial score (nSPS) is 28.0. The van der Waals surface area contributed by atoms with Crippen LogP contribution in [0.1, 0.15) is 57.1 Å². The number of nitrogens with zero attached hydrogens (tertiary/aromatic N) is 4. The number of amides is 1. The molecule has 3 rings (SSSR count). The Balaban J connectivity index is 1.47. The average Bonchev–Trinajstić information content (AvgIpc) is 2.87. The van der Waals surface area contributed by atoms with E-state index >= 15 is 0 Å². The Hall–Kier alpha value is -1.43. The van der Waals surface area contributed by atoms with Gasteiger partial charge in [-0.25, -0.2) is 9.67 Å². The van der Waals surface area contributed by atoms with Crippen LogP contribution in [-0.2, 0) is 11.3 Å². The van der Waals surface area contributed by atoms with E-state index in [2.05, 4.69) is 27.2 Å². The third-order valence-corrected chi connectivity index (χ3v) is 5.82. The smallest absolute Gasteiger partial charge is 0.234 e. The van der Waals surface area contributed by atoms with Crippen LogP contribution in [0.5, 0.6) is 0 Å². The zero-order chi connectivity index (χ0) is 17.8. The van der Waals surface area contributed by atoms with Gasteiger partial charge >= 0.3 is 0 Å². The lowest BCUT2D eigenvalue weighted by Gasteiger charge is -2.34. The highest BCUT2D eigenvalue weighted by molar-refractivity contribution is 5.78.